The zero-order chi connectivity index (χ0) is 21.1. The lowest BCUT2D eigenvalue weighted by molar-refractivity contribution is -0.277. The molecule has 3 rings (SSSR count). The van der Waals surface area contributed by atoms with Crippen molar-refractivity contribution in [2.45, 2.75) is 30.7 Å². The molecule has 0 spiro atoms. The van der Waals surface area contributed by atoms with Gasteiger partial charge in [0.2, 0.25) is 6.29 Å². The fourth-order valence-corrected chi connectivity index (χ4v) is 3.28. The number of hydrogen-bond donors (Lipinski definition) is 5. The number of carbonyl (C=O) groups excluding carboxylic acids is 1. The Labute approximate surface area is 172 Å². The normalized spacial score (nSPS) is 26.8. The molecule has 1 aliphatic rings. The highest BCUT2D eigenvalue weighted by atomic mass is 35.5. The summed E-state index contributed by atoms with van der Waals surface area (Å²) in [6.45, 7) is -0.556. The summed E-state index contributed by atoms with van der Waals surface area (Å²) in [4.78, 5) is 11.8. The number of aliphatic hydroxyl groups excluding tert-OH is 4. The van der Waals surface area contributed by atoms with Crippen LogP contribution in [0.4, 0.5) is 0 Å². The van der Waals surface area contributed by atoms with Crippen molar-refractivity contribution in [3.63, 3.8) is 0 Å². The van der Waals surface area contributed by atoms with E-state index in [1.807, 2.05) is 6.07 Å². The maximum absolute atomic E-state index is 11.8. The van der Waals surface area contributed by atoms with Gasteiger partial charge in [-0.1, -0.05) is 29.8 Å². The second kappa shape index (κ2) is 9.08. The van der Waals surface area contributed by atoms with E-state index in [0.717, 1.165) is 11.1 Å². The summed E-state index contributed by atoms with van der Waals surface area (Å²) in [5.74, 6) is -0.0253. The van der Waals surface area contributed by atoms with E-state index in [4.69, 9.17) is 21.1 Å². The van der Waals surface area contributed by atoms with Crippen molar-refractivity contribution < 1.29 is 34.7 Å². The molecule has 5 N–H and O–H groups in total. The molecule has 29 heavy (non-hydrogen) atoms. The Bertz CT molecular complexity index is 876. The van der Waals surface area contributed by atoms with Crippen LogP contribution in [0.15, 0.2) is 42.5 Å². The van der Waals surface area contributed by atoms with Crippen LogP contribution in [-0.4, -0.2) is 70.7 Å². The van der Waals surface area contributed by atoms with Crippen molar-refractivity contribution in [1.29, 1.82) is 0 Å². The molecule has 1 aliphatic heterocycles. The molecule has 0 saturated carbocycles. The van der Waals surface area contributed by atoms with Gasteiger partial charge in [0, 0.05) is 12.6 Å². The van der Waals surface area contributed by atoms with Crippen LogP contribution >= 0.6 is 11.6 Å². The van der Waals surface area contributed by atoms with Crippen LogP contribution in [-0.2, 0) is 4.74 Å². The summed E-state index contributed by atoms with van der Waals surface area (Å²) in [5, 5.41) is 41.8. The van der Waals surface area contributed by atoms with E-state index in [9.17, 15) is 25.2 Å². The van der Waals surface area contributed by atoms with Gasteiger partial charge < -0.3 is 35.2 Å². The summed E-state index contributed by atoms with van der Waals surface area (Å²) in [7, 11) is 1.55. The molecule has 0 aromatic heterocycles. The summed E-state index contributed by atoms with van der Waals surface area (Å²) in [5.41, 5.74) is 2.01. The van der Waals surface area contributed by atoms with Crippen LogP contribution in [0.3, 0.4) is 0 Å². The lowest BCUT2D eigenvalue weighted by Gasteiger charge is -2.39. The molecule has 0 aliphatic carbocycles. The third-order valence-corrected chi connectivity index (χ3v) is 5.00. The standard InChI is InChI=1S/C20H22ClNO7/c1-22-19(27)12-4-2-3-10(7-12)11-5-6-14(13(21)8-11)28-20-18(26)17(25)16(24)15(9-23)29-20/h2-8,15-18,20,23-26H,9H2,1H3,(H,22,27). The third-order valence-electron chi connectivity index (χ3n) is 4.71. The maximum atomic E-state index is 11.8. The van der Waals surface area contributed by atoms with Crippen molar-refractivity contribution in [1.82, 2.24) is 5.32 Å². The van der Waals surface area contributed by atoms with Gasteiger partial charge >= 0.3 is 0 Å². The predicted molar refractivity (Wildman–Crippen MR) is 105 cm³/mol. The molecular formula is C20H22ClNO7. The molecule has 1 saturated heterocycles. The third kappa shape index (κ3) is 4.53. The van der Waals surface area contributed by atoms with Crippen molar-refractivity contribution >= 4 is 17.5 Å². The summed E-state index contributed by atoms with van der Waals surface area (Å²) in [6.07, 6.45) is -6.96. The Morgan fingerprint density at radius 1 is 1.10 bits per heavy atom. The minimum absolute atomic E-state index is 0.183. The summed E-state index contributed by atoms with van der Waals surface area (Å²) < 4.78 is 10.9. The molecule has 1 fully saturated rings. The first kappa shape index (κ1) is 21.5. The summed E-state index contributed by atoms with van der Waals surface area (Å²) in [6, 6.07) is 11.9. The lowest BCUT2D eigenvalue weighted by atomic mass is 9.99. The van der Waals surface area contributed by atoms with Gasteiger partial charge in [0.15, 0.2) is 0 Å². The average molecular weight is 424 g/mol. The van der Waals surface area contributed by atoms with Gasteiger partial charge in [0.05, 0.1) is 11.6 Å². The zero-order valence-corrected chi connectivity index (χ0v) is 16.3. The molecule has 8 nitrogen and oxygen atoms in total. The second-order valence-electron chi connectivity index (χ2n) is 6.62. The molecule has 1 amide bonds. The van der Waals surface area contributed by atoms with E-state index < -0.39 is 37.3 Å². The zero-order valence-electron chi connectivity index (χ0n) is 15.5. The first-order valence-electron chi connectivity index (χ1n) is 8.95. The van der Waals surface area contributed by atoms with Gasteiger partial charge in [0.25, 0.3) is 5.91 Å². The number of nitrogens with one attached hydrogen (secondary N) is 1. The smallest absolute Gasteiger partial charge is 0.251 e. The van der Waals surface area contributed by atoms with Gasteiger partial charge in [-0.25, -0.2) is 0 Å². The number of benzene rings is 2. The highest BCUT2D eigenvalue weighted by Gasteiger charge is 2.44. The quantitative estimate of drug-likeness (QED) is 0.475. The largest absolute Gasteiger partial charge is 0.460 e. The minimum Gasteiger partial charge on any atom is -0.460 e. The number of rotatable bonds is 5. The highest BCUT2D eigenvalue weighted by molar-refractivity contribution is 6.32. The van der Waals surface area contributed by atoms with Crippen LogP contribution in [0.1, 0.15) is 10.4 Å². The van der Waals surface area contributed by atoms with Crippen LogP contribution in [0.25, 0.3) is 11.1 Å². The summed E-state index contributed by atoms with van der Waals surface area (Å²) >= 11 is 6.31. The van der Waals surface area contributed by atoms with E-state index in [0.29, 0.717) is 5.56 Å². The van der Waals surface area contributed by atoms with Gasteiger partial charge in [0.1, 0.15) is 30.2 Å². The molecule has 5 unspecified atom stereocenters. The average Bonchev–Trinajstić information content (AvgIpc) is 2.74. The minimum atomic E-state index is -1.54. The number of ether oxygens (including phenoxy) is 2. The van der Waals surface area contributed by atoms with Crippen LogP contribution in [0.5, 0.6) is 5.75 Å². The Morgan fingerprint density at radius 2 is 1.83 bits per heavy atom. The first-order chi connectivity index (χ1) is 13.8. The number of carbonyl (C=O) groups is 1. The molecule has 0 radical (unpaired) electrons. The number of amides is 1. The Balaban J connectivity index is 1.81. The van der Waals surface area contributed by atoms with Crippen molar-refractivity contribution in [2.75, 3.05) is 13.7 Å². The van der Waals surface area contributed by atoms with Gasteiger partial charge in [-0.15, -0.1) is 0 Å². The molecule has 0 bridgehead atoms. The van der Waals surface area contributed by atoms with Crippen LogP contribution in [0, 0.1) is 0 Å². The molecule has 1 heterocycles. The Hall–Kier alpha value is -2.20. The molecule has 9 heteroatoms. The SMILES string of the molecule is CNC(=O)c1cccc(-c2ccc(OC3OC(CO)C(O)C(O)C3O)c(Cl)c2)c1. The van der Waals surface area contributed by atoms with E-state index in [-0.39, 0.29) is 16.7 Å². The van der Waals surface area contributed by atoms with Crippen molar-refractivity contribution in [3.8, 4) is 16.9 Å². The highest BCUT2D eigenvalue weighted by Crippen LogP contribution is 2.33. The predicted octanol–water partition coefficient (Wildman–Crippen LogP) is 0.545. The topological polar surface area (TPSA) is 128 Å². The fourth-order valence-electron chi connectivity index (χ4n) is 3.05. The van der Waals surface area contributed by atoms with Gasteiger partial charge in [-0.2, -0.15) is 0 Å². The van der Waals surface area contributed by atoms with Gasteiger partial charge in [-0.3, -0.25) is 4.79 Å². The Morgan fingerprint density at radius 3 is 2.48 bits per heavy atom. The molecule has 5 atom stereocenters. The van der Waals surface area contributed by atoms with Crippen molar-refractivity contribution in [2.24, 2.45) is 0 Å². The molecular weight excluding hydrogens is 402 g/mol. The van der Waals surface area contributed by atoms with E-state index in [1.54, 1.807) is 43.4 Å². The maximum Gasteiger partial charge on any atom is 0.251 e. The Kier molecular flexibility index (Phi) is 6.74. The number of aliphatic hydroxyl groups is 4. The van der Waals surface area contributed by atoms with Crippen molar-refractivity contribution in [3.05, 3.63) is 53.1 Å². The molecule has 2 aromatic carbocycles. The van der Waals surface area contributed by atoms with Crippen LogP contribution in [0.2, 0.25) is 5.02 Å². The number of halogens is 1. The van der Waals surface area contributed by atoms with E-state index >= 15 is 0 Å². The van der Waals surface area contributed by atoms with E-state index in [2.05, 4.69) is 5.32 Å². The molecule has 2 aromatic rings. The molecule has 156 valence electrons. The lowest BCUT2D eigenvalue weighted by Crippen LogP contribution is -2.60. The van der Waals surface area contributed by atoms with Gasteiger partial charge in [-0.05, 0) is 35.4 Å². The fraction of sp³-hybridized carbons (Fsp3) is 0.350. The van der Waals surface area contributed by atoms with E-state index in [1.165, 1.54) is 0 Å². The monoisotopic (exact) mass is 423 g/mol. The second-order valence-corrected chi connectivity index (χ2v) is 7.03. The number of hydrogen-bond acceptors (Lipinski definition) is 7. The first-order valence-corrected chi connectivity index (χ1v) is 9.32. The van der Waals surface area contributed by atoms with Crippen LogP contribution < -0.4 is 10.1 Å².